The van der Waals surface area contributed by atoms with Crippen molar-refractivity contribution < 1.29 is 9.59 Å². The van der Waals surface area contributed by atoms with Crippen molar-refractivity contribution in [2.24, 2.45) is 0 Å². The molecule has 3 rings (SSSR count). The van der Waals surface area contributed by atoms with E-state index in [2.05, 4.69) is 5.32 Å². The van der Waals surface area contributed by atoms with Crippen LogP contribution in [0.5, 0.6) is 0 Å². The SMILES string of the molecule is Cc1cccc(NC(=O)Cc2ccc3c(c2)CCC(=O)N3C)c1. The van der Waals surface area contributed by atoms with E-state index >= 15 is 0 Å². The van der Waals surface area contributed by atoms with E-state index in [0.29, 0.717) is 12.8 Å². The summed E-state index contributed by atoms with van der Waals surface area (Å²) in [5, 5.41) is 2.92. The van der Waals surface area contributed by atoms with Gasteiger partial charge in [-0.2, -0.15) is 0 Å². The lowest BCUT2D eigenvalue weighted by Gasteiger charge is -2.26. The van der Waals surface area contributed by atoms with Crippen molar-refractivity contribution in [3.63, 3.8) is 0 Å². The van der Waals surface area contributed by atoms with Gasteiger partial charge in [0, 0.05) is 24.8 Å². The molecule has 0 fully saturated rings. The van der Waals surface area contributed by atoms with Crippen LogP contribution in [0.3, 0.4) is 0 Å². The first-order chi connectivity index (χ1) is 11.0. The molecule has 2 aromatic carbocycles. The zero-order valence-corrected chi connectivity index (χ0v) is 13.4. The number of rotatable bonds is 3. The number of hydrogen-bond acceptors (Lipinski definition) is 2. The van der Waals surface area contributed by atoms with E-state index < -0.39 is 0 Å². The maximum atomic E-state index is 12.2. The minimum atomic E-state index is -0.0317. The molecule has 0 atom stereocenters. The Labute approximate surface area is 136 Å². The van der Waals surface area contributed by atoms with E-state index in [-0.39, 0.29) is 11.8 Å². The van der Waals surface area contributed by atoms with Gasteiger partial charge in [-0.1, -0.05) is 24.3 Å². The number of carbonyl (C=O) groups is 2. The lowest BCUT2D eigenvalue weighted by atomic mass is 9.98. The standard InChI is InChI=1S/C19H20N2O2/c1-13-4-3-5-16(10-13)20-18(22)12-14-6-8-17-15(11-14)7-9-19(23)21(17)2/h3-6,8,10-11H,7,9,12H2,1-2H3,(H,20,22). The van der Waals surface area contributed by atoms with E-state index in [1.54, 1.807) is 11.9 Å². The molecule has 0 aromatic heterocycles. The van der Waals surface area contributed by atoms with Gasteiger partial charge in [0.05, 0.1) is 6.42 Å². The van der Waals surface area contributed by atoms with Crippen LogP contribution in [0, 0.1) is 6.92 Å². The molecule has 0 spiro atoms. The van der Waals surface area contributed by atoms with E-state index in [0.717, 1.165) is 34.5 Å². The highest BCUT2D eigenvalue weighted by atomic mass is 16.2. The first-order valence-corrected chi connectivity index (χ1v) is 7.78. The Morgan fingerprint density at radius 1 is 1.17 bits per heavy atom. The number of hydrogen-bond donors (Lipinski definition) is 1. The van der Waals surface area contributed by atoms with Crippen LogP contribution in [-0.2, 0) is 22.4 Å². The summed E-state index contributed by atoms with van der Waals surface area (Å²) in [7, 11) is 1.80. The van der Waals surface area contributed by atoms with Gasteiger partial charge in [0.2, 0.25) is 11.8 Å². The minimum Gasteiger partial charge on any atom is -0.326 e. The number of anilines is 2. The van der Waals surface area contributed by atoms with E-state index in [9.17, 15) is 9.59 Å². The molecule has 118 valence electrons. The Kier molecular flexibility index (Phi) is 4.15. The van der Waals surface area contributed by atoms with Crippen LogP contribution in [0.2, 0.25) is 0 Å². The third-order valence-corrected chi connectivity index (χ3v) is 4.15. The van der Waals surface area contributed by atoms with Gasteiger partial charge in [-0.05, 0) is 48.2 Å². The molecule has 23 heavy (non-hydrogen) atoms. The zero-order chi connectivity index (χ0) is 16.4. The molecule has 0 unspecified atom stereocenters. The maximum Gasteiger partial charge on any atom is 0.228 e. The maximum absolute atomic E-state index is 12.2. The summed E-state index contributed by atoms with van der Waals surface area (Å²) in [4.78, 5) is 25.6. The number of benzene rings is 2. The number of carbonyl (C=O) groups excluding carboxylic acids is 2. The van der Waals surface area contributed by atoms with E-state index in [1.807, 2.05) is 49.4 Å². The third kappa shape index (κ3) is 3.42. The van der Waals surface area contributed by atoms with Gasteiger partial charge in [-0.15, -0.1) is 0 Å². The van der Waals surface area contributed by atoms with E-state index in [4.69, 9.17) is 0 Å². The monoisotopic (exact) mass is 308 g/mol. The second-order valence-electron chi connectivity index (χ2n) is 6.01. The summed E-state index contributed by atoms with van der Waals surface area (Å²) in [6.45, 7) is 2.00. The van der Waals surface area contributed by atoms with Crippen molar-refractivity contribution in [2.75, 3.05) is 17.3 Å². The Morgan fingerprint density at radius 2 is 2.00 bits per heavy atom. The average Bonchev–Trinajstić information content (AvgIpc) is 2.51. The highest BCUT2D eigenvalue weighted by Crippen LogP contribution is 2.27. The Balaban J connectivity index is 1.71. The minimum absolute atomic E-state index is 0.0317. The fourth-order valence-electron chi connectivity index (χ4n) is 2.93. The predicted octanol–water partition coefficient (Wildman–Crippen LogP) is 3.09. The van der Waals surface area contributed by atoms with Crippen LogP contribution >= 0.6 is 0 Å². The van der Waals surface area contributed by atoms with Crippen LogP contribution in [0.15, 0.2) is 42.5 Å². The molecule has 0 aliphatic carbocycles. The average molecular weight is 308 g/mol. The van der Waals surface area contributed by atoms with Crippen molar-refractivity contribution in [3.05, 3.63) is 59.2 Å². The molecular formula is C19H20N2O2. The van der Waals surface area contributed by atoms with Crippen LogP contribution in [0.1, 0.15) is 23.1 Å². The van der Waals surface area contributed by atoms with Gasteiger partial charge in [-0.25, -0.2) is 0 Å². The van der Waals surface area contributed by atoms with Gasteiger partial charge >= 0.3 is 0 Å². The van der Waals surface area contributed by atoms with Crippen LogP contribution in [0.25, 0.3) is 0 Å². The van der Waals surface area contributed by atoms with Crippen molar-refractivity contribution in [1.82, 2.24) is 0 Å². The lowest BCUT2D eigenvalue weighted by Crippen LogP contribution is -2.31. The molecule has 2 amide bonds. The molecule has 1 heterocycles. The first kappa shape index (κ1) is 15.3. The summed E-state index contributed by atoms with van der Waals surface area (Å²) in [6, 6.07) is 13.6. The van der Waals surface area contributed by atoms with Crippen molar-refractivity contribution in [3.8, 4) is 0 Å². The van der Waals surface area contributed by atoms with Crippen molar-refractivity contribution >= 4 is 23.2 Å². The van der Waals surface area contributed by atoms with Crippen LogP contribution in [0.4, 0.5) is 11.4 Å². The normalized spacial score (nSPS) is 13.7. The Morgan fingerprint density at radius 3 is 2.78 bits per heavy atom. The Bertz CT molecular complexity index is 768. The predicted molar refractivity (Wildman–Crippen MR) is 91.7 cm³/mol. The molecule has 1 aliphatic heterocycles. The smallest absolute Gasteiger partial charge is 0.228 e. The fourth-order valence-corrected chi connectivity index (χ4v) is 2.93. The highest BCUT2D eigenvalue weighted by molar-refractivity contribution is 5.96. The highest BCUT2D eigenvalue weighted by Gasteiger charge is 2.21. The molecule has 0 saturated heterocycles. The van der Waals surface area contributed by atoms with E-state index in [1.165, 1.54) is 0 Å². The van der Waals surface area contributed by atoms with Gasteiger partial charge < -0.3 is 10.2 Å². The number of nitrogens with zero attached hydrogens (tertiary/aromatic N) is 1. The van der Waals surface area contributed by atoms with Gasteiger partial charge in [0.25, 0.3) is 0 Å². The Hall–Kier alpha value is -2.62. The first-order valence-electron chi connectivity index (χ1n) is 7.78. The zero-order valence-electron chi connectivity index (χ0n) is 13.4. The summed E-state index contributed by atoms with van der Waals surface area (Å²) >= 11 is 0. The third-order valence-electron chi connectivity index (χ3n) is 4.15. The second kappa shape index (κ2) is 6.24. The molecule has 4 nitrogen and oxygen atoms in total. The topological polar surface area (TPSA) is 49.4 Å². The molecule has 0 bridgehead atoms. The fraction of sp³-hybridized carbons (Fsp3) is 0.263. The molecule has 0 saturated carbocycles. The molecule has 2 aromatic rings. The lowest BCUT2D eigenvalue weighted by molar-refractivity contribution is -0.118. The summed E-state index contributed by atoms with van der Waals surface area (Å²) in [6.07, 6.45) is 1.60. The van der Waals surface area contributed by atoms with Crippen LogP contribution < -0.4 is 10.2 Å². The molecular weight excluding hydrogens is 288 g/mol. The quantitative estimate of drug-likeness (QED) is 0.947. The summed E-state index contributed by atoms with van der Waals surface area (Å²) in [5.41, 5.74) is 4.98. The number of nitrogens with one attached hydrogen (secondary N) is 1. The van der Waals surface area contributed by atoms with Gasteiger partial charge in [0.15, 0.2) is 0 Å². The number of fused-ring (bicyclic) bond motifs is 1. The number of aryl methyl sites for hydroxylation is 2. The van der Waals surface area contributed by atoms with Crippen LogP contribution in [-0.4, -0.2) is 18.9 Å². The van der Waals surface area contributed by atoms with Gasteiger partial charge in [-0.3, -0.25) is 9.59 Å². The van der Waals surface area contributed by atoms with Crippen molar-refractivity contribution in [2.45, 2.75) is 26.2 Å². The molecule has 1 aliphatic rings. The molecule has 0 radical (unpaired) electrons. The van der Waals surface area contributed by atoms with Crippen molar-refractivity contribution in [1.29, 1.82) is 0 Å². The molecule has 1 N–H and O–H groups in total. The largest absolute Gasteiger partial charge is 0.326 e. The summed E-state index contributed by atoms with van der Waals surface area (Å²) in [5.74, 6) is 0.109. The second-order valence-corrected chi connectivity index (χ2v) is 6.01. The summed E-state index contributed by atoms with van der Waals surface area (Å²) < 4.78 is 0. The molecule has 4 heteroatoms. The van der Waals surface area contributed by atoms with Gasteiger partial charge in [0.1, 0.15) is 0 Å². The number of amides is 2.